The van der Waals surface area contributed by atoms with Crippen molar-refractivity contribution in [3.05, 3.63) is 48.0 Å². The molecule has 4 rings (SSSR count). The zero-order valence-electron chi connectivity index (χ0n) is 18.6. The Bertz CT molecular complexity index is 1120. The summed E-state index contributed by atoms with van der Waals surface area (Å²) in [6, 6.07) is 4.30. The van der Waals surface area contributed by atoms with Crippen LogP contribution in [0.25, 0.3) is 0 Å². The molecule has 1 aromatic heterocycles. The van der Waals surface area contributed by atoms with Crippen molar-refractivity contribution in [2.75, 3.05) is 28.2 Å². The summed E-state index contributed by atoms with van der Waals surface area (Å²) in [4.78, 5) is 43.4. The molecule has 0 aliphatic carbocycles. The Morgan fingerprint density at radius 3 is 2.46 bits per heavy atom. The van der Waals surface area contributed by atoms with Crippen molar-refractivity contribution in [2.45, 2.75) is 44.3 Å². The number of nitrogens with one attached hydrogen (secondary N) is 2. The normalized spacial score (nSPS) is 19.0. The number of piperidine rings is 2. The molecule has 0 saturated carbocycles. The third-order valence-electron chi connectivity index (χ3n) is 5.91. The summed E-state index contributed by atoms with van der Waals surface area (Å²) in [6.07, 6.45) is -0.892. The summed E-state index contributed by atoms with van der Waals surface area (Å²) in [5.74, 6) is -1.25. The Balaban J connectivity index is 1.41. The van der Waals surface area contributed by atoms with Crippen LogP contribution in [0.15, 0.2) is 36.5 Å². The second kappa shape index (κ2) is 9.88. The summed E-state index contributed by atoms with van der Waals surface area (Å²) >= 11 is 0. The van der Waals surface area contributed by atoms with Gasteiger partial charge < -0.3 is 20.4 Å². The van der Waals surface area contributed by atoms with Crippen LogP contribution in [0, 0.1) is 5.82 Å². The van der Waals surface area contributed by atoms with E-state index in [1.165, 1.54) is 21.9 Å². The van der Waals surface area contributed by atoms with E-state index in [0.717, 1.165) is 31.2 Å². The summed E-state index contributed by atoms with van der Waals surface area (Å²) in [7, 11) is 0. The first-order valence-corrected chi connectivity index (χ1v) is 11.2. The second-order valence-electron chi connectivity index (χ2n) is 8.35. The van der Waals surface area contributed by atoms with E-state index >= 15 is 0 Å². The summed E-state index contributed by atoms with van der Waals surface area (Å²) in [5.41, 5.74) is -0.606. The number of urea groups is 1. The predicted molar refractivity (Wildman–Crippen MR) is 119 cm³/mol. The fourth-order valence-corrected chi connectivity index (χ4v) is 4.17. The molecule has 186 valence electrons. The van der Waals surface area contributed by atoms with E-state index in [1.54, 1.807) is 6.07 Å². The van der Waals surface area contributed by atoms with Gasteiger partial charge in [-0.05, 0) is 56.0 Å². The number of alkyl halides is 3. The van der Waals surface area contributed by atoms with Crippen molar-refractivity contribution in [2.24, 2.45) is 0 Å². The molecule has 0 bridgehead atoms. The van der Waals surface area contributed by atoms with Crippen LogP contribution in [0.4, 0.5) is 39.4 Å². The zero-order chi connectivity index (χ0) is 25.2. The monoisotopic (exact) mass is 493 g/mol. The molecule has 2 saturated heterocycles. The minimum atomic E-state index is -4.60. The van der Waals surface area contributed by atoms with Crippen LogP contribution in [0.1, 0.15) is 37.8 Å². The molecule has 3 heterocycles. The van der Waals surface area contributed by atoms with E-state index in [-0.39, 0.29) is 23.8 Å². The van der Waals surface area contributed by atoms with E-state index in [1.807, 2.05) is 0 Å². The minimum Gasteiger partial charge on any atom is -0.326 e. The number of benzene rings is 1. The lowest BCUT2D eigenvalue weighted by Gasteiger charge is -2.33. The molecule has 12 heteroatoms. The molecule has 2 N–H and O–H groups in total. The predicted octanol–water partition coefficient (Wildman–Crippen LogP) is 4.07. The van der Waals surface area contributed by atoms with Gasteiger partial charge in [0.25, 0.3) is 0 Å². The molecule has 2 aromatic rings. The number of carbonyl (C=O) groups excluding carboxylic acids is 3. The van der Waals surface area contributed by atoms with Gasteiger partial charge in [-0.1, -0.05) is 0 Å². The maximum Gasteiger partial charge on any atom is 0.433 e. The number of amides is 4. The molecule has 4 amide bonds. The van der Waals surface area contributed by atoms with Gasteiger partial charge in [-0.2, -0.15) is 13.2 Å². The van der Waals surface area contributed by atoms with E-state index in [0.29, 0.717) is 31.5 Å². The highest BCUT2D eigenvalue weighted by Gasteiger charge is 2.34. The number of pyridine rings is 1. The molecule has 2 aliphatic heterocycles. The average Bonchev–Trinajstić information content (AvgIpc) is 2.81. The average molecular weight is 493 g/mol. The highest BCUT2D eigenvalue weighted by molar-refractivity contribution is 6.02. The van der Waals surface area contributed by atoms with Crippen LogP contribution in [0.3, 0.4) is 0 Å². The highest BCUT2D eigenvalue weighted by Crippen LogP contribution is 2.30. The third kappa shape index (κ3) is 5.52. The van der Waals surface area contributed by atoms with Crippen molar-refractivity contribution in [3.8, 4) is 0 Å². The Labute approximate surface area is 198 Å². The van der Waals surface area contributed by atoms with Crippen molar-refractivity contribution in [1.82, 2.24) is 10.3 Å². The van der Waals surface area contributed by atoms with Crippen LogP contribution >= 0.6 is 0 Å². The van der Waals surface area contributed by atoms with Gasteiger partial charge in [0.1, 0.15) is 17.6 Å². The van der Waals surface area contributed by atoms with Gasteiger partial charge in [-0.15, -0.1) is 0 Å². The van der Waals surface area contributed by atoms with Crippen LogP contribution in [-0.4, -0.2) is 42.0 Å². The highest BCUT2D eigenvalue weighted by atomic mass is 19.4. The lowest BCUT2D eigenvalue weighted by Crippen LogP contribution is -2.53. The number of rotatable bonds is 4. The van der Waals surface area contributed by atoms with Crippen LogP contribution in [0.2, 0.25) is 0 Å². The number of anilines is 3. The summed E-state index contributed by atoms with van der Waals surface area (Å²) in [5, 5.41) is 4.82. The van der Waals surface area contributed by atoms with Gasteiger partial charge in [0.2, 0.25) is 11.8 Å². The van der Waals surface area contributed by atoms with Crippen LogP contribution < -0.4 is 20.4 Å². The molecule has 8 nitrogen and oxygen atoms in total. The number of carbonyl (C=O) groups is 3. The Hall–Kier alpha value is -3.70. The molecule has 35 heavy (non-hydrogen) atoms. The van der Waals surface area contributed by atoms with Crippen molar-refractivity contribution < 1.29 is 31.9 Å². The number of hydrogen-bond donors (Lipinski definition) is 2. The quantitative estimate of drug-likeness (QED) is 0.628. The molecular weight excluding hydrogens is 470 g/mol. The van der Waals surface area contributed by atoms with Gasteiger partial charge in [-0.25, -0.2) is 14.2 Å². The molecule has 1 aromatic carbocycles. The number of halogens is 4. The Kier molecular flexibility index (Phi) is 6.90. The van der Waals surface area contributed by atoms with Gasteiger partial charge in [-0.3, -0.25) is 9.59 Å². The maximum atomic E-state index is 15.0. The van der Waals surface area contributed by atoms with Gasteiger partial charge >= 0.3 is 12.2 Å². The standard InChI is InChI=1S/C23H23F4N5O3/c24-16-12-15(31-10-2-1-5-20(31)33)7-8-18(16)32-11-3-4-17(21(32)34)30-22(35)29-14-6-9-19(28-13-14)23(25,26)27/h6-9,12-13,17H,1-5,10-11H2,(H2,29,30,35). The number of aromatic nitrogens is 1. The molecule has 0 spiro atoms. The van der Waals surface area contributed by atoms with Crippen molar-refractivity contribution in [1.29, 1.82) is 0 Å². The van der Waals surface area contributed by atoms with E-state index in [9.17, 15) is 31.9 Å². The first-order valence-electron chi connectivity index (χ1n) is 11.2. The van der Waals surface area contributed by atoms with Crippen molar-refractivity contribution in [3.63, 3.8) is 0 Å². The molecular formula is C23H23F4N5O3. The molecule has 1 unspecified atom stereocenters. The molecule has 1 atom stereocenters. The van der Waals surface area contributed by atoms with Crippen LogP contribution in [0.5, 0.6) is 0 Å². The first kappa shape index (κ1) is 24.4. The smallest absolute Gasteiger partial charge is 0.326 e. The van der Waals surface area contributed by atoms with E-state index in [2.05, 4.69) is 15.6 Å². The number of hydrogen-bond acceptors (Lipinski definition) is 4. The van der Waals surface area contributed by atoms with E-state index in [4.69, 9.17) is 0 Å². The topological polar surface area (TPSA) is 94.6 Å². The fourth-order valence-electron chi connectivity index (χ4n) is 4.17. The Morgan fingerprint density at radius 1 is 1.03 bits per heavy atom. The third-order valence-corrected chi connectivity index (χ3v) is 5.91. The number of nitrogens with zero attached hydrogens (tertiary/aromatic N) is 3. The fraction of sp³-hybridized carbons (Fsp3) is 0.391. The van der Waals surface area contributed by atoms with Crippen LogP contribution in [-0.2, 0) is 15.8 Å². The second-order valence-corrected chi connectivity index (χ2v) is 8.35. The molecule has 2 fully saturated rings. The van der Waals surface area contributed by atoms with Gasteiger partial charge in [0, 0.05) is 25.2 Å². The lowest BCUT2D eigenvalue weighted by molar-refractivity contribution is -0.141. The lowest BCUT2D eigenvalue weighted by atomic mass is 10.0. The zero-order valence-corrected chi connectivity index (χ0v) is 18.6. The molecule has 0 radical (unpaired) electrons. The van der Waals surface area contributed by atoms with E-state index < -0.39 is 35.7 Å². The Morgan fingerprint density at radius 2 is 1.80 bits per heavy atom. The largest absolute Gasteiger partial charge is 0.433 e. The minimum absolute atomic E-state index is 0.0181. The van der Waals surface area contributed by atoms with Gasteiger partial charge in [0.05, 0.1) is 17.6 Å². The summed E-state index contributed by atoms with van der Waals surface area (Å²) in [6.45, 7) is 0.760. The molecule has 2 aliphatic rings. The first-order chi connectivity index (χ1) is 16.6. The maximum absolute atomic E-state index is 15.0. The summed E-state index contributed by atoms with van der Waals surface area (Å²) < 4.78 is 52.8. The van der Waals surface area contributed by atoms with Gasteiger partial charge in [0.15, 0.2) is 0 Å². The van der Waals surface area contributed by atoms with Crippen molar-refractivity contribution >= 4 is 34.9 Å². The SMILES string of the molecule is O=C(Nc1ccc(C(F)(F)F)nc1)NC1CCCN(c2ccc(N3CCCCC3=O)cc2F)C1=O.